The molecule has 0 aromatic carbocycles. The molecule has 3 unspecified atom stereocenters. The largest absolute Gasteiger partial charge is 0.394 e. The molecular formula is C40H75NO4. The number of nitrogens with one attached hydrogen (secondary N) is 1. The molecule has 0 saturated heterocycles. The number of hydrogen-bond donors (Lipinski definition) is 4. The maximum atomic E-state index is 12.3. The summed E-state index contributed by atoms with van der Waals surface area (Å²) in [7, 11) is 0. The fourth-order valence-corrected chi connectivity index (χ4v) is 5.66. The summed E-state index contributed by atoms with van der Waals surface area (Å²) >= 11 is 0. The van der Waals surface area contributed by atoms with Crippen LogP contribution < -0.4 is 5.32 Å². The minimum absolute atomic E-state index is 0.00390. The summed E-state index contributed by atoms with van der Waals surface area (Å²) in [6.07, 6.45) is 42.7. The highest BCUT2D eigenvalue weighted by Crippen LogP contribution is 2.14. The Morgan fingerprint density at radius 1 is 0.556 bits per heavy atom. The van der Waals surface area contributed by atoms with Crippen molar-refractivity contribution >= 4 is 5.91 Å². The lowest BCUT2D eigenvalue weighted by atomic mass is 10.0. The normalized spacial score (nSPS) is 14.2. The molecule has 0 aromatic heterocycles. The molecular weight excluding hydrogens is 558 g/mol. The number of aliphatic hydroxyl groups is 3. The van der Waals surface area contributed by atoms with Crippen LogP contribution in [0.15, 0.2) is 36.5 Å². The number of rotatable bonds is 34. The Bertz CT molecular complexity index is 704. The molecule has 0 bridgehead atoms. The lowest BCUT2D eigenvalue weighted by Crippen LogP contribution is -2.45. The van der Waals surface area contributed by atoms with Crippen molar-refractivity contribution < 1.29 is 20.1 Å². The third-order valence-electron chi connectivity index (χ3n) is 8.66. The third-order valence-corrected chi connectivity index (χ3v) is 8.66. The van der Waals surface area contributed by atoms with Crippen LogP contribution in [-0.4, -0.2) is 46.1 Å². The van der Waals surface area contributed by atoms with Gasteiger partial charge in [-0.3, -0.25) is 4.79 Å². The quantitative estimate of drug-likeness (QED) is 0.0419. The van der Waals surface area contributed by atoms with Crippen molar-refractivity contribution in [2.75, 3.05) is 6.61 Å². The van der Waals surface area contributed by atoms with Crippen molar-refractivity contribution in [2.24, 2.45) is 0 Å². The van der Waals surface area contributed by atoms with Crippen LogP contribution in [0.5, 0.6) is 0 Å². The van der Waals surface area contributed by atoms with Gasteiger partial charge in [0.05, 0.1) is 31.3 Å². The van der Waals surface area contributed by atoms with Crippen molar-refractivity contribution in [3.63, 3.8) is 0 Å². The number of hydrogen-bond acceptors (Lipinski definition) is 4. The van der Waals surface area contributed by atoms with E-state index >= 15 is 0 Å². The summed E-state index contributed by atoms with van der Waals surface area (Å²) in [6.45, 7) is 4.17. The number of unbranched alkanes of at least 4 members (excludes halogenated alkanes) is 21. The Morgan fingerprint density at radius 3 is 1.42 bits per heavy atom. The van der Waals surface area contributed by atoms with Gasteiger partial charge >= 0.3 is 0 Å². The standard InChI is InChI=1S/C40H75NO4/c1-3-5-7-9-11-13-15-16-17-18-19-20-21-22-24-26-28-30-32-34-39(44)38(36-42)41-40(45)35-37(43)33-31-29-27-25-23-14-12-10-8-6-4-2/h19-20,24,26,32,34,37-39,42-44H,3-18,21-23,25,27-31,33,35-36H2,1-2H3,(H,41,45)/b20-19+,26-24+,34-32+. The van der Waals surface area contributed by atoms with Crippen molar-refractivity contribution in [1.82, 2.24) is 5.32 Å². The highest BCUT2D eigenvalue weighted by Gasteiger charge is 2.20. The second-order valence-electron chi connectivity index (χ2n) is 13.2. The van der Waals surface area contributed by atoms with Gasteiger partial charge in [0.1, 0.15) is 0 Å². The van der Waals surface area contributed by atoms with E-state index in [-0.39, 0.29) is 18.9 Å². The van der Waals surface area contributed by atoms with E-state index in [1.807, 2.05) is 6.08 Å². The third kappa shape index (κ3) is 32.3. The molecule has 0 aliphatic heterocycles. The topological polar surface area (TPSA) is 89.8 Å². The van der Waals surface area contributed by atoms with Crippen LogP contribution in [0.3, 0.4) is 0 Å². The monoisotopic (exact) mass is 634 g/mol. The molecule has 0 rings (SSSR count). The molecule has 5 nitrogen and oxygen atoms in total. The van der Waals surface area contributed by atoms with E-state index in [1.54, 1.807) is 6.08 Å². The van der Waals surface area contributed by atoms with E-state index in [9.17, 15) is 20.1 Å². The van der Waals surface area contributed by atoms with E-state index in [1.165, 1.54) is 122 Å². The molecule has 5 heteroatoms. The lowest BCUT2D eigenvalue weighted by Gasteiger charge is -2.21. The fraction of sp³-hybridized carbons (Fsp3) is 0.825. The first-order valence-electron chi connectivity index (χ1n) is 19.3. The van der Waals surface area contributed by atoms with Gasteiger partial charge in [0, 0.05) is 0 Å². The molecule has 0 aliphatic carbocycles. The molecule has 0 aromatic rings. The summed E-state index contributed by atoms with van der Waals surface area (Å²) in [6, 6.07) is -0.763. The Balaban J connectivity index is 3.80. The Kier molecular flexibility index (Phi) is 34.3. The Labute approximate surface area is 279 Å². The summed E-state index contributed by atoms with van der Waals surface area (Å²) in [5.74, 6) is -0.331. The van der Waals surface area contributed by atoms with Crippen LogP contribution in [0.2, 0.25) is 0 Å². The smallest absolute Gasteiger partial charge is 0.222 e. The van der Waals surface area contributed by atoms with E-state index in [0.29, 0.717) is 6.42 Å². The minimum atomic E-state index is -0.956. The zero-order valence-electron chi connectivity index (χ0n) is 29.7. The number of aliphatic hydroxyl groups excluding tert-OH is 3. The maximum Gasteiger partial charge on any atom is 0.222 e. The van der Waals surface area contributed by atoms with Gasteiger partial charge in [-0.2, -0.15) is 0 Å². The van der Waals surface area contributed by atoms with Crippen molar-refractivity contribution in [1.29, 1.82) is 0 Å². The number of allylic oxidation sites excluding steroid dienone is 5. The predicted octanol–water partition coefficient (Wildman–Crippen LogP) is 10.4. The van der Waals surface area contributed by atoms with E-state index in [2.05, 4.69) is 43.5 Å². The van der Waals surface area contributed by atoms with Crippen LogP contribution >= 0.6 is 0 Å². The van der Waals surface area contributed by atoms with E-state index in [4.69, 9.17) is 0 Å². The predicted molar refractivity (Wildman–Crippen MR) is 194 cm³/mol. The fourth-order valence-electron chi connectivity index (χ4n) is 5.66. The molecule has 0 saturated carbocycles. The van der Waals surface area contributed by atoms with Crippen molar-refractivity contribution in [2.45, 2.75) is 205 Å². The van der Waals surface area contributed by atoms with Gasteiger partial charge in [0.15, 0.2) is 0 Å². The van der Waals surface area contributed by atoms with Crippen molar-refractivity contribution in [3.05, 3.63) is 36.5 Å². The highest BCUT2D eigenvalue weighted by molar-refractivity contribution is 5.76. The molecule has 0 spiro atoms. The molecule has 264 valence electrons. The number of carbonyl (C=O) groups is 1. The van der Waals surface area contributed by atoms with Crippen LogP contribution in [0.25, 0.3) is 0 Å². The molecule has 0 heterocycles. The molecule has 0 radical (unpaired) electrons. The summed E-state index contributed by atoms with van der Waals surface area (Å²) in [5.41, 5.74) is 0. The molecule has 0 aliphatic rings. The van der Waals surface area contributed by atoms with Gasteiger partial charge in [-0.05, 0) is 44.9 Å². The van der Waals surface area contributed by atoms with Gasteiger partial charge in [-0.1, -0.05) is 172 Å². The molecule has 0 fully saturated rings. The van der Waals surface area contributed by atoms with Gasteiger partial charge < -0.3 is 20.6 Å². The first kappa shape index (κ1) is 43.6. The minimum Gasteiger partial charge on any atom is -0.394 e. The second-order valence-corrected chi connectivity index (χ2v) is 13.2. The average Bonchev–Trinajstić information content (AvgIpc) is 3.03. The van der Waals surface area contributed by atoms with Crippen LogP contribution in [0, 0.1) is 0 Å². The lowest BCUT2D eigenvalue weighted by molar-refractivity contribution is -0.124. The SMILES string of the molecule is CCCCCCCCCCC/C=C/CC/C=C/CC/C=C/C(O)C(CO)NC(=O)CC(O)CCCCCCCCCCCCC. The summed E-state index contributed by atoms with van der Waals surface area (Å²) < 4.78 is 0. The highest BCUT2D eigenvalue weighted by atomic mass is 16.3. The Morgan fingerprint density at radius 2 is 0.956 bits per heavy atom. The maximum absolute atomic E-state index is 12.3. The second kappa shape index (κ2) is 35.4. The zero-order chi connectivity index (χ0) is 33.1. The van der Waals surface area contributed by atoms with Crippen LogP contribution in [0.1, 0.15) is 187 Å². The van der Waals surface area contributed by atoms with Gasteiger partial charge in [0.2, 0.25) is 5.91 Å². The first-order valence-corrected chi connectivity index (χ1v) is 19.3. The van der Waals surface area contributed by atoms with Crippen LogP contribution in [-0.2, 0) is 4.79 Å². The average molecular weight is 634 g/mol. The van der Waals surface area contributed by atoms with E-state index in [0.717, 1.165) is 38.5 Å². The summed E-state index contributed by atoms with van der Waals surface area (Å²) in [4.78, 5) is 12.3. The van der Waals surface area contributed by atoms with Gasteiger partial charge in [-0.15, -0.1) is 0 Å². The van der Waals surface area contributed by atoms with Gasteiger partial charge in [-0.25, -0.2) is 0 Å². The molecule has 3 atom stereocenters. The zero-order valence-corrected chi connectivity index (χ0v) is 29.7. The molecule has 1 amide bonds. The van der Waals surface area contributed by atoms with Crippen LogP contribution in [0.4, 0.5) is 0 Å². The molecule has 45 heavy (non-hydrogen) atoms. The summed E-state index contributed by atoms with van der Waals surface area (Å²) in [5, 5.41) is 33.0. The van der Waals surface area contributed by atoms with Crippen molar-refractivity contribution in [3.8, 4) is 0 Å². The first-order chi connectivity index (χ1) is 22.0. The number of amides is 1. The Hall–Kier alpha value is -1.43. The van der Waals surface area contributed by atoms with Gasteiger partial charge in [0.25, 0.3) is 0 Å². The number of carbonyl (C=O) groups excluding carboxylic acids is 1. The molecule has 4 N–H and O–H groups in total. The van der Waals surface area contributed by atoms with E-state index < -0.39 is 18.2 Å².